The molecule has 6 nitrogen and oxygen atoms in total. The van der Waals surface area contributed by atoms with Gasteiger partial charge in [-0.2, -0.15) is 0 Å². The molecule has 0 radical (unpaired) electrons. The minimum Gasteiger partial charge on any atom is -0.361 e. The summed E-state index contributed by atoms with van der Waals surface area (Å²) in [5, 5.41) is 1.32. The Morgan fingerprint density at radius 1 is 1.00 bits per heavy atom. The van der Waals surface area contributed by atoms with Crippen molar-refractivity contribution < 1.29 is 4.79 Å². The molecule has 1 aromatic carbocycles. The number of rotatable bonds is 3. The molecule has 3 aromatic rings. The molecule has 2 fully saturated rings. The molecule has 5 rings (SSSR count). The van der Waals surface area contributed by atoms with E-state index in [1.807, 2.05) is 6.07 Å². The zero-order valence-electron chi connectivity index (χ0n) is 16.6. The fraction of sp³-hybridized carbons (Fsp3) is 0.435. The van der Waals surface area contributed by atoms with Crippen molar-refractivity contribution in [2.75, 3.05) is 31.1 Å². The van der Waals surface area contributed by atoms with Crippen LogP contribution in [0.5, 0.6) is 0 Å². The quantitative estimate of drug-likeness (QED) is 0.744. The number of anilines is 1. The SMILES string of the molecule is O=C(C1CCCN(c2ncccn2)C1)N1CCC(c2c[nH]c3ccccc23)CC1. The summed E-state index contributed by atoms with van der Waals surface area (Å²) in [6, 6.07) is 10.3. The van der Waals surface area contributed by atoms with E-state index in [1.54, 1.807) is 12.4 Å². The maximum atomic E-state index is 13.2. The van der Waals surface area contributed by atoms with Crippen LogP contribution in [0, 0.1) is 5.92 Å². The first kappa shape index (κ1) is 18.2. The molecule has 1 atom stereocenters. The molecule has 2 aliphatic heterocycles. The van der Waals surface area contributed by atoms with Crippen LogP contribution in [-0.4, -0.2) is 51.9 Å². The summed E-state index contributed by atoms with van der Waals surface area (Å²) in [5.74, 6) is 1.62. The van der Waals surface area contributed by atoms with Crippen LogP contribution in [0.2, 0.25) is 0 Å². The largest absolute Gasteiger partial charge is 0.361 e. The highest BCUT2D eigenvalue weighted by molar-refractivity contribution is 5.84. The van der Waals surface area contributed by atoms with E-state index in [0.717, 1.165) is 57.8 Å². The summed E-state index contributed by atoms with van der Waals surface area (Å²) in [6.07, 6.45) is 9.74. The van der Waals surface area contributed by atoms with Crippen molar-refractivity contribution >= 4 is 22.8 Å². The fourth-order valence-electron chi connectivity index (χ4n) is 4.92. The highest BCUT2D eigenvalue weighted by Gasteiger charge is 2.32. The topological polar surface area (TPSA) is 65.1 Å². The molecule has 1 amide bonds. The van der Waals surface area contributed by atoms with Crippen molar-refractivity contribution in [3.8, 4) is 0 Å². The Morgan fingerprint density at radius 2 is 1.79 bits per heavy atom. The average Bonchev–Trinajstić information content (AvgIpc) is 3.24. The third-order valence-electron chi connectivity index (χ3n) is 6.47. The third-order valence-corrected chi connectivity index (χ3v) is 6.47. The number of para-hydroxylation sites is 1. The van der Waals surface area contributed by atoms with Crippen molar-refractivity contribution in [2.45, 2.75) is 31.6 Å². The number of carbonyl (C=O) groups excluding carboxylic acids is 1. The first-order valence-electron chi connectivity index (χ1n) is 10.7. The van der Waals surface area contributed by atoms with E-state index in [4.69, 9.17) is 0 Å². The van der Waals surface area contributed by atoms with Crippen LogP contribution in [-0.2, 0) is 4.79 Å². The van der Waals surface area contributed by atoms with Gasteiger partial charge >= 0.3 is 0 Å². The Labute approximate surface area is 171 Å². The number of likely N-dealkylation sites (tertiary alicyclic amines) is 1. The summed E-state index contributed by atoms with van der Waals surface area (Å²) >= 11 is 0. The molecule has 0 saturated carbocycles. The lowest BCUT2D eigenvalue weighted by atomic mass is 9.88. The maximum absolute atomic E-state index is 13.2. The normalized spacial score (nSPS) is 20.9. The smallest absolute Gasteiger partial charge is 0.227 e. The first-order chi connectivity index (χ1) is 14.3. The van der Waals surface area contributed by atoms with Gasteiger partial charge in [0, 0.05) is 55.7 Å². The average molecular weight is 390 g/mol. The van der Waals surface area contributed by atoms with Crippen LogP contribution in [0.1, 0.15) is 37.2 Å². The Balaban J connectivity index is 1.22. The minimum absolute atomic E-state index is 0.0530. The molecule has 2 aromatic heterocycles. The molecule has 2 saturated heterocycles. The standard InChI is InChI=1S/C23H27N5O/c29-22(18-5-3-12-28(16-18)23-24-10-4-11-25-23)27-13-8-17(9-14-27)20-15-26-21-7-2-1-6-19(20)21/h1-2,4,6-7,10-11,15,17-18,26H,3,5,8-9,12-14,16H2. The second-order valence-electron chi connectivity index (χ2n) is 8.22. The lowest BCUT2D eigenvalue weighted by molar-refractivity contribution is -0.136. The van der Waals surface area contributed by atoms with Crippen LogP contribution in [0.3, 0.4) is 0 Å². The molecular formula is C23H27N5O. The summed E-state index contributed by atoms with van der Waals surface area (Å²) < 4.78 is 0. The molecule has 29 heavy (non-hydrogen) atoms. The Kier molecular flexibility index (Phi) is 4.92. The van der Waals surface area contributed by atoms with Gasteiger partial charge < -0.3 is 14.8 Å². The number of H-pyrrole nitrogens is 1. The lowest BCUT2D eigenvalue weighted by Crippen LogP contribution is -2.47. The Morgan fingerprint density at radius 3 is 2.62 bits per heavy atom. The number of nitrogens with one attached hydrogen (secondary N) is 1. The van der Waals surface area contributed by atoms with Crippen molar-refractivity contribution in [3.63, 3.8) is 0 Å². The van der Waals surface area contributed by atoms with Gasteiger partial charge in [-0.25, -0.2) is 9.97 Å². The number of hydrogen-bond donors (Lipinski definition) is 1. The predicted molar refractivity (Wildman–Crippen MR) is 114 cm³/mol. The molecular weight excluding hydrogens is 362 g/mol. The van der Waals surface area contributed by atoms with Crippen LogP contribution in [0.4, 0.5) is 5.95 Å². The van der Waals surface area contributed by atoms with Crippen molar-refractivity contribution in [2.24, 2.45) is 5.92 Å². The van der Waals surface area contributed by atoms with Crippen LogP contribution < -0.4 is 4.90 Å². The second-order valence-corrected chi connectivity index (χ2v) is 8.22. The van der Waals surface area contributed by atoms with E-state index in [0.29, 0.717) is 11.8 Å². The number of fused-ring (bicyclic) bond motifs is 1. The maximum Gasteiger partial charge on any atom is 0.227 e. The van der Waals surface area contributed by atoms with Crippen molar-refractivity contribution in [1.29, 1.82) is 0 Å². The molecule has 1 N–H and O–H groups in total. The second kappa shape index (κ2) is 7.85. The van der Waals surface area contributed by atoms with Crippen molar-refractivity contribution in [1.82, 2.24) is 19.9 Å². The summed E-state index contributed by atoms with van der Waals surface area (Å²) in [7, 11) is 0. The van der Waals surface area contributed by atoms with E-state index in [1.165, 1.54) is 16.5 Å². The molecule has 0 aliphatic carbocycles. The number of piperidine rings is 2. The molecule has 4 heterocycles. The van der Waals surface area contributed by atoms with Gasteiger partial charge in [0.15, 0.2) is 0 Å². The molecule has 0 spiro atoms. The number of benzene rings is 1. The number of amides is 1. The Bertz CT molecular complexity index is 977. The van der Waals surface area contributed by atoms with Crippen LogP contribution >= 0.6 is 0 Å². The van der Waals surface area contributed by atoms with E-state index in [-0.39, 0.29) is 5.92 Å². The number of carbonyl (C=O) groups is 1. The van der Waals surface area contributed by atoms with Gasteiger partial charge in [-0.1, -0.05) is 18.2 Å². The molecule has 6 heteroatoms. The van der Waals surface area contributed by atoms with Crippen LogP contribution in [0.25, 0.3) is 10.9 Å². The monoisotopic (exact) mass is 389 g/mol. The summed E-state index contributed by atoms with van der Waals surface area (Å²) in [6.45, 7) is 3.35. The summed E-state index contributed by atoms with van der Waals surface area (Å²) in [5.41, 5.74) is 2.60. The highest BCUT2D eigenvalue weighted by atomic mass is 16.2. The highest BCUT2D eigenvalue weighted by Crippen LogP contribution is 2.34. The third kappa shape index (κ3) is 3.59. The van der Waals surface area contributed by atoms with Crippen molar-refractivity contribution in [3.05, 3.63) is 54.5 Å². The van der Waals surface area contributed by atoms with Gasteiger partial charge in [0.05, 0.1) is 5.92 Å². The Hall–Kier alpha value is -2.89. The molecule has 150 valence electrons. The van der Waals surface area contributed by atoms with E-state index < -0.39 is 0 Å². The number of hydrogen-bond acceptors (Lipinski definition) is 4. The zero-order valence-corrected chi connectivity index (χ0v) is 16.6. The minimum atomic E-state index is 0.0530. The molecule has 0 bridgehead atoms. The lowest BCUT2D eigenvalue weighted by Gasteiger charge is -2.37. The van der Waals surface area contributed by atoms with E-state index in [2.05, 4.69) is 55.2 Å². The van der Waals surface area contributed by atoms with E-state index in [9.17, 15) is 4.79 Å². The summed E-state index contributed by atoms with van der Waals surface area (Å²) in [4.78, 5) is 29.5. The fourth-order valence-corrected chi connectivity index (χ4v) is 4.92. The first-order valence-corrected chi connectivity index (χ1v) is 10.7. The van der Waals surface area contributed by atoms with Gasteiger partial charge in [-0.15, -0.1) is 0 Å². The number of aromatic amines is 1. The molecule has 1 unspecified atom stereocenters. The van der Waals surface area contributed by atoms with E-state index >= 15 is 0 Å². The van der Waals surface area contributed by atoms with Gasteiger partial charge in [-0.05, 0) is 49.3 Å². The predicted octanol–water partition coefficient (Wildman–Crippen LogP) is 3.58. The van der Waals surface area contributed by atoms with Gasteiger partial charge in [0.2, 0.25) is 11.9 Å². The van der Waals surface area contributed by atoms with Crippen LogP contribution in [0.15, 0.2) is 48.9 Å². The van der Waals surface area contributed by atoms with Gasteiger partial charge in [0.1, 0.15) is 0 Å². The number of nitrogens with zero attached hydrogens (tertiary/aromatic N) is 4. The van der Waals surface area contributed by atoms with Gasteiger partial charge in [-0.3, -0.25) is 4.79 Å². The van der Waals surface area contributed by atoms with Gasteiger partial charge in [0.25, 0.3) is 0 Å². The molecule has 2 aliphatic rings. The number of aromatic nitrogens is 3. The zero-order chi connectivity index (χ0) is 19.6.